The molecule has 0 saturated heterocycles. The number of aromatic amines is 1. The van der Waals surface area contributed by atoms with Gasteiger partial charge in [-0.25, -0.2) is 0 Å². The second-order valence-corrected chi connectivity index (χ2v) is 3.48. The second kappa shape index (κ2) is 4.06. The van der Waals surface area contributed by atoms with Gasteiger partial charge in [-0.2, -0.15) is 5.10 Å². The third kappa shape index (κ3) is 2.03. The summed E-state index contributed by atoms with van der Waals surface area (Å²) in [5.74, 6) is 0.0495. The first-order valence-corrected chi connectivity index (χ1v) is 4.84. The van der Waals surface area contributed by atoms with Crippen molar-refractivity contribution in [2.75, 3.05) is 11.1 Å². The maximum atomic E-state index is 11.7. The van der Waals surface area contributed by atoms with Crippen molar-refractivity contribution in [3.05, 3.63) is 41.6 Å². The first kappa shape index (κ1) is 10.2. The van der Waals surface area contributed by atoms with Crippen molar-refractivity contribution in [1.29, 1.82) is 0 Å². The lowest BCUT2D eigenvalue weighted by atomic mass is 10.2. The quantitative estimate of drug-likeness (QED) is 0.712. The number of hydrogen-bond donors (Lipinski definition) is 3. The lowest BCUT2D eigenvalue weighted by molar-refractivity contribution is 0.102. The molecule has 1 aromatic heterocycles. The van der Waals surface area contributed by atoms with Crippen molar-refractivity contribution < 1.29 is 4.79 Å². The monoisotopic (exact) mass is 216 g/mol. The lowest BCUT2D eigenvalue weighted by Crippen LogP contribution is -2.13. The van der Waals surface area contributed by atoms with E-state index in [0.29, 0.717) is 11.5 Å². The van der Waals surface area contributed by atoms with Gasteiger partial charge < -0.3 is 11.1 Å². The molecule has 0 radical (unpaired) electrons. The summed E-state index contributed by atoms with van der Waals surface area (Å²) < 4.78 is 0. The Balaban J connectivity index is 2.17. The summed E-state index contributed by atoms with van der Waals surface area (Å²) in [5, 5.41) is 9.03. The van der Waals surface area contributed by atoms with Gasteiger partial charge in [0.25, 0.3) is 5.91 Å². The third-order valence-electron chi connectivity index (χ3n) is 2.24. The van der Waals surface area contributed by atoms with Gasteiger partial charge in [0.2, 0.25) is 0 Å². The molecule has 1 aromatic carbocycles. The van der Waals surface area contributed by atoms with E-state index in [1.165, 1.54) is 6.07 Å². The van der Waals surface area contributed by atoms with Crippen LogP contribution in [0.4, 0.5) is 11.5 Å². The number of carbonyl (C=O) groups excluding carboxylic acids is 1. The van der Waals surface area contributed by atoms with Gasteiger partial charge in [-0.1, -0.05) is 18.2 Å². The third-order valence-corrected chi connectivity index (χ3v) is 2.24. The van der Waals surface area contributed by atoms with E-state index in [1.54, 1.807) is 0 Å². The highest BCUT2D eigenvalue weighted by atomic mass is 16.1. The summed E-state index contributed by atoms with van der Waals surface area (Å²) in [6.45, 7) is 1.93. The number of carbonyl (C=O) groups is 1. The molecule has 0 aliphatic carbocycles. The van der Waals surface area contributed by atoms with Crippen molar-refractivity contribution in [2.24, 2.45) is 0 Å². The van der Waals surface area contributed by atoms with E-state index >= 15 is 0 Å². The number of nitrogen functional groups attached to an aromatic ring is 1. The average Bonchev–Trinajstić information content (AvgIpc) is 2.68. The van der Waals surface area contributed by atoms with Crippen molar-refractivity contribution in [1.82, 2.24) is 10.2 Å². The van der Waals surface area contributed by atoms with Gasteiger partial charge in [-0.3, -0.25) is 9.89 Å². The molecule has 0 unspecified atom stereocenters. The minimum Gasteiger partial charge on any atom is -0.382 e. The van der Waals surface area contributed by atoms with Crippen LogP contribution in [0.1, 0.15) is 16.1 Å². The zero-order chi connectivity index (χ0) is 11.5. The number of hydrogen-bond acceptors (Lipinski definition) is 3. The van der Waals surface area contributed by atoms with Crippen molar-refractivity contribution >= 4 is 17.4 Å². The lowest BCUT2D eigenvalue weighted by Gasteiger charge is -2.06. The molecular formula is C11H12N4O. The Morgan fingerprint density at radius 2 is 2.19 bits per heavy atom. The maximum absolute atomic E-state index is 11.7. The highest BCUT2D eigenvalue weighted by Crippen LogP contribution is 2.14. The molecule has 0 fully saturated rings. The zero-order valence-electron chi connectivity index (χ0n) is 8.82. The molecule has 82 valence electrons. The Kier molecular flexibility index (Phi) is 2.59. The van der Waals surface area contributed by atoms with Gasteiger partial charge in [-0.15, -0.1) is 0 Å². The molecule has 4 N–H and O–H groups in total. The fourth-order valence-electron chi connectivity index (χ4n) is 1.36. The first-order valence-electron chi connectivity index (χ1n) is 4.84. The molecule has 0 saturated carbocycles. The van der Waals surface area contributed by atoms with Crippen molar-refractivity contribution in [2.45, 2.75) is 6.92 Å². The number of nitrogens with two attached hydrogens (primary N) is 1. The predicted octanol–water partition coefficient (Wildman–Crippen LogP) is 1.55. The Labute approximate surface area is 92.7 Å². The smallest absolute Gasteiger partial charge is 0.273 e. The van der Waals surface area contributed by atoms with Crippen LogP contribution in [0, 0.1) is 6.92 Å². The molecule has 0 atom stereocenters. The fourth-order valence-corrected chi connectivity index (χ4v) is 1.36. The van der Waals surface area contributed by atoms with E-state index in [1.807, 2.05) is 31.2 Å². The fraction of sp³-hybridized carbons (Fsp3) is 0.0909. The topological polar surface area (TPSA) is 83.8 Å². The molecular weight excluding hydrogens is 204 g/mol. The summed E-state index contributed by atoms with van der Waals surface area (Å²) in [6, 6.07) is 9.04. The van der Waals surface area contributed by atoms with Crippen LogP contribution >= 0.6 is 0 Å². The van der Waals surface area contributed by atoms with E-state index in [9.17, 15) is 4.79 Å². The van der Waals surface area contributed by atoms with Crippen LogP contribution < -0.4 is 11.1 Å². The molecule has 1 amide bonds. The molecule has 0 aliphatic heterocycles. The maximum Gasteiger partial charge on any atom is 0.273 e. The molecule has 2 aromatic rings. The van der Waals surface area contributed by atoms with E-state index in [2.05, 4.69) is 15.5 Å². The highest BCUT2D eigenvalue weighted by molar-refractivity contribution is 6.03. The molecule has 5 heteroatoms. The number of H-pyrrole nitrogens is 1. The van der Waals surface area contributed by atoms with E-state index in [4.69, 9.17) is 5.73 Å². The minimum atomic E-state index is -0.251. The summed E-state index contributed by atoms with van der Waals surface area (Å²) >= 11 is 0. The first-order chi connectivity index (χ1) is 7.66. The van der Waals surface area contributed by atoms with Crippen LogP contribution in [0.15, 0.2) is 30.3 Å². The minimum absolute atomic E-state index is 0.251. The van der Waals surface area contributed by atoms with Crippen LogP contribution in [0.3, 0.4) is 0 Å². The highest BCUT2D eigenvalue weighted by Gasteiger charge is 2.09. The number of nitrogens with one attached hydrogen (secondary N) is 2. The van der Waals surface area contributed by atoms with Crippen LogP contribution in [0.5, 0.6) is 0 Å². The Morgan fingerprint density at radius 3 is 2.81 bits per heavy atom. The SMILES string of the molecule is Cc1ccccc1NC(=O)c1cc(N)n[nH]1. The number of rotatable bonds is 2. The second-order valence-electron chi connectivity index (χ2n) is 3.48. The van der Waals surface area contributed by atoms with Gasteiger partial charge in [0.15, 0.2) is 0 Å². The molecule has 0 spiro atoms. The molecule has 16 heavy (non-hydrogen) atoms. The van der Waals surface area contributed by atoms with Gasteiger partial charge >= 0.3 is 0 Å². The van der Waals surface area contributed by atoms with Gasteiger partial charge in [-0.05, 0) is 18.6 Å². The van der Waals surface area contributed by atoms with Crippen LogP contribution in [-0.4, -0.2) is 16.1 Å². The van der Waals surface area contributed by atoms with E-state index in [0.717, 1.165) is 11.3 Å². The van der Waals surface area contributed by atoms with Crippen LogP contribution in [0.2, 0.25) is 0 Å². The number of nitrogens with zero attached hydrogens (tertiary/aromatic N) is 1. The molecule has 1 heterocycles. The standard InChI is InChI=1S/C11H12N4O/c1-7-4-2-3-5-8(7)13-11(16)9-6-10(12)15-14-9/h2-6H,1H3,(H,13,16)(H3,12,14,15). The summed E-state index contributed by atoms with van der Waals surface area (Å²) in [7, 11) is 0. The number of anilines is 2. The number of aromatic nitrogens is 2. The van der Waals surface area contributed by atoms with E-state index in [-0.39, 0.29) is 5.91 Å². The normalized spacial score (nSPS) is 10.1. The molecule has 0 aliphatic rings. The molecule has 0 bridgehead atoms. The number of amides is 1. The van der Waals surface area contributed by atoms with Gasteiger partial charge in [0.1, 0.15) is 11.5 Å². The van der Waals surface area contributed by atoms with Gasteiger partial charge in [0.05, 0.1) is 0 Å². The average molecular weight is 216 g/mol. The Hall–Kier alpha value is -2.30. The predicted molar refractivity (Wildman–Crippen MR) is 62.1 cm³/mol. The number of para-hydroxylation sites is 1. The Bertz CT molecular complexity index is 518. The largest absolute Gasteiger partial charge is 0.382 e. The van der Waals surface area contributed by atoms with Crippen molar-refractivity contribution in [3.63, 3.8) is 0 Å². The number of aryl methyl sites for hydroxylation is 1. The summed E-state index contributed by atoms with van der Waals surface area (Å²) in [4.78, 5) is 11.7. The molecule has 5 nitrogen and oxygen atoms in total. The zero-order valence-corrected chi connectivity index (χ0v) is 8.82. The van der Waals surface area contributed by atoms with Crippen molar-refractivity contribution in [3.8, 4) is 0 Å². The summed E-state index contributed by atoms with van der Waals surface area (Å²) in [6.07, 6.45) is 0. The number of benzene rings is 1. The van der Waals surface area contributed by atoms with Crippen LogP contribution in [-0.2, 0) is 0 Å². The van der Waals surface area contributed by atoms with Gasteiger partial charge in [0, 0.05) is 11.8 Å². The molecule has 2 rings (SSSR count). The van der Waals surface area contributed by atoms with E-state index < -0.39 is 0 Å². The Morgan fingerprint density at radius 1 is 1.44 bits per heavy atom. The van der Waals surface area contributed by atoms with Crippen LogP contribution in [0.25, 0.3) is 0 Å². The summed E-state index contributed by atoms with van der Waals surface area (Å²) in [5.41, 5.74) is 7.55.